The number of hydrogen-bond donors (Lipinski definition) is 1. The third-order valence-corrected chi connectivity index (χ3v) is 4.80. The normalized spacial score (nSPS) is 27.7. The summed E-state index contributed by atoms with van der Waals surface area (Å²) in [6.45, 7) is 8.16. The topological polar surface area (TPSA) is 15.3 Å². The Kier molecular flexibility index (Phi) is 4.42. The van der Waals surface area contributed by atoms with Gasteiger partial charge in [0, 0.05) is 31.7 Å². The van der Waals surface area contributed by atoms with E-state index in [1.807, 2.05) is 0 Å². The highest BCUT2D eigenvalue weighted by Gasteiger charge is 2.23. The molecule has 2 aliphatic rings. The molecule has 110 valence electrons. The Morgan fingerprint density at radius 1 is 1.10 bits per heavy atom. The van der Waals surface area contributed by atoms with Crippen LogP contribution < -0.4 is 5.32 Å². The Labute approximate surface area is 123 Å². The number of piperidine rings is 1. The summed E-state index contributed by atoms with van der Waals surface area (Å²) in [7, 11) is 0. The van der Waals surface area contributed by atoms with Gasteiger partial charge in [0.05, 0.1) is 0 Å². The molecule has 3 rings (SSSR count). The lowest BCUT2D eigenvalue weighted by Gasteiger charge is -2.36. The second-order valence-electron chi connectivity index (χ2n) is 6.94. The van der Waals surface area contributed by atoms with Crippen LogP contribution in [-0.2, 0) is 13.1 Å². The van der Waals surface area contributed by atoms with Crippen molar-refractivity contribution in [3.8, 4) is 0 Å². The third-order valence-electron chi connectivity index (χ3n) is 4.80. The largest absolute Gasteiger partial charge is 0.310 e. The summed E-state index contributed by atoms with van der Waals surface area (Å²) in [4.78, 5) is 2.65. The SMILES string of the molecule is CC1CCC(C)N(Cc2cccc(CNC3CC3)c2)C1. The molecule has 1 aliphatic carbocycles. The van der Waals surface area contributed by atoms with Gasteiger partial charge in [-0.25, -0.2) is 0 Å². The summed E-state index contributed by atoms with van der Waals surface area (Å²) in [5.41, 5.74) is 2.91. The molecular weight excluding hydrogens is 244 g/mol. The molecule has 1 saturated carbocycles. The van der Waals surface area contributed by atoms with Crippen LogP contribution in [0.3, 0.4) is 0 Å². The molecule has 1 aromatic rings. The molecular formula is C18H28N2. The van der Waals surface area contributed by atoms with Crippen LogP contribution in [0.1, 0.15) is 50.7 Å². The Morgan fingerprint density at radius 2 is 1.90 bits per heavy atom. The minimum absolute atomic E-state index is 0.736. The molecule has 1 saturated heterocycles. The summed E-state index contributed by atoms with van der Waals surface area (Å²) in [5, 5.41) is 3.61. The average Bonchev–Trinajstić information content (AvgIpc) is 3.25. The number of nitrogens with zero attached hydrogens (tertiary/aromatic N) is 1. The molecule has 1 aromatic carbocycles. The standard InChI is InChI=1S/C18H28N2/c1-14-6-7-15(2)20(12-14)13-17-5-3-4-16(10-17)11-19-18-8-9-18/h3-5,10,14-15,18-19H,6-9,11-13H2,1-2H3. The molecule has 2 atom stereocenters. The number of benzene rings is 1. The summed E-state index contributed by atoms with van der Waals surface area (Å²) in [6.07, 6.45) is 5.47. The lowest BCUT2D eigenvalue weighted by molar-refractivity contribution is 0.117. The van der Waals surface area contributed by atoms with Crippen molar-refractivity contribution in [2.75, 3.05) is 6.54 Å². The van der Waals surface area contributed by atoms with E-state index in [-0.39, 0.29) is 0 Å². The number of nitrogens with one attached hydrogen (secondary N) is 1. The first-order valence-corrected chi connectivity index (χ1v) is 8.26. The molecule has 1 N–H and O–H groups in total. The maximum absolute atomic E-state index is 3.61. The molecule has 20 heavy (non-hydrogen) atoms. The lowest BCUT2D eigenvalue weighted by atomic mass is 9.94. The fourth-order valence-electron chi connectivity index (χ4n) is 3.22. The van der Waals surface area contributed by atoms with E-state index in [1.54, 1.807) is 0 Å². The molecule has 0 bridgehead atoms. The Balaban J connectivity index is 1.59. The zero-order valence-corrected chi connectivity index (χ0v) is 12.9. The maximum atomic E-state index is 3.61. The van der Waals surface area contributed by atoms with E-state index >= 15 is 0 Å². The third kappa shape index (κ3) is 3.83. The molecule has 0 amide bonds. The van der Waals surface area contributed by atoms with Crippen molar-refractivity contribution < 1.29 is 0 Å². The zero-order valence-electron chi connectivity index (χ0n) is 12.9. The van der Waals surface area contributed by atoms with Crippen LogP contribution in [0.15, 0.2) is 24.3 Å². The van der Waals surface area contributed by atoms with Crippen molar-refractivity contribution in [2.45, 2.75) is 64.7 Å². The monoisotopic (exact) mass is 272 g/mol. The molecule has 1 heterocycles. The first-order chi connectivity index (χ1) is 9.70. The fraction of sp³-hybridized carbons (Fsp3) is 0.667. The van der Waals surface area contributed by atoms with Crippen LogP contribution in [0.4, 0.5) is 0 Å². The summed E-state index contributed by atoms with van der Waals surface area (Å²) in [6, 6.07) is 10.7. The van der Waals surface area contributed by atoms with Gasteiger partial charge >= 0.3 is 0 Å². The highest BCUT2D eigenvalue weighted by atomic mass is 15.2. The van der Waals surface area contributed by atoms with Crippen LogP contribution in [0.25, 0.3) is 0 Å². The molecule has 2 nitrogen and oxygen atoms in total. The van der Waals surface area contributed by atoms with E-state index in [2.05, 4.69) is 48.3 Å². The van der Waals surface area contributed by atoms with Crippen LogP contribution in [0.5, 0.6) is 0 Å². The van der Waals surface area contributed by atoms with Gasteiger partial charge in [-0.2, -0.15) is 0 Å². The molecule has 0 aromatic heterocycles. The smallest absolute Gasteiger partial charge is 0.0236 e. The Bertz CT molecular complexity index is 439. The maximum Gasteiger partial charge on any atom is 0.0236 e. The Hall–Kier alpha value is -0.860. The van der Waals surface area contributed by atoms with Gasteiger partial charge in [-0.1, -0.05) is 31.2 Å². The zero-order chi connectivity index (χ0) is 13.9. The van der Waals surface area contributed by atoms with Gasteiger partial charge in [0.15, 0.2) is 0 Å². The summed E-state index contributed by atoms with van der Waals surface area (Å²) < 4.78 is 0. The molecule has 2 heteroatoms. The molecule has 1 aliphatic heterocycles. The van der Waals surface area contributed by atoms with Gasteiger partial charge in [0.25, 0.3) is 0 Å². The van der Waals surface area contributed by atoms with Gasteiger partial charge in [-0.3, -0.25) is 4.90 Å². The number of rotatable bonds is 5. The highest BCUT2D eigenvalue weighted by molar-refractivity contribution is 5.23. The van der Waals surface area contributed by atoms with E-state index in [1.165, 1.54) is 43.4 Å². The quantitative estimate of drug-likeness (QED) is 0.881. The van der Waals surface area contributed by atoms with E-state index < -0.39 is 0 Å². The molecule has 2 unspecified atom stereocenters. The molecule has 0 spiro atoms. The van der Waals surface area contributed by atoms with E-state index in [9.17, 15) is 0 Å². The van der Waals surface area contributed by atoms with Crippen LogP contribution in [0, 0.1) is 5.92 Å². The summed E-state index contributed by atoms with van der Waals surface area (Å²) in [5.74, 6) is 0.853. The fourth-order valence-corrected chi connectivity index (χ4v) is 3.22. The van der Waals surface area contributed by atoms with Crippen molar-refractivity contribution in [2.24, 2.45) is 5.92 Å². The van der Waals surface area contributed by atoms with Crippen molar-refractivity contribution >= 4 is 0 Å². The van der Waals surface area contributed by atoms with E-state index in [0.29, 0.717) is 0 Å². The Morgan fingerprint density at radius 3 is 2.70 bits per heavy atom. The van der Waals surface area contributed by atoms with Gasteiger partial charge in [0.2, 0.25) is 0 Å². The predicted octanol–water partition coefficient (Wildman–Crippen LogP) is 3.56. The summed E-state index contributed by atoms with van der Waals surface area (Å²) >= 11 is 0. The number of likely N-dealkylation sites (tertiary alicyclic amines) is 1. The van der Waals surface area contributed by atoms with E-state index in [4.69, 9.17) is 0 Å². The predicted molar refractivity (Wildman–Crippen MR) is 84.6 cm³/mol. The van der Waals surface area contributed by atoms with Gasteiger partial charge in [-0.15, -0.1) is 0 Å². The lowest BCUT2D eigenvalue weighted by Crippen LogP contribution is -2.40. The van der Waals surface area contributed by atoms with Crippen LogP contribution in [-0.4, -0.2) is 23.5 Å². The van der Waals surface area contributed by atoms with Gasteiger partial charge in [-0.05, 0) is 49.7 Å². The molecule has 2 fully saturated rings. The average molecular weight is 272 g/mol. The van der Waals surface area contributed by atoms with Crippen molar-refractivity contribution in [1.29, 1.82) is 0 Å². The second kappa shape index (κ2) is 6.28. The van der Waals surface area contributed by atoms with Crippen molar-refractivity contribution in [1.82, 2.24) is 10.2 Å². The second-order valence-corrected chi connectivity index (χ2v) is 6.94. The molecule has 0 radical (unpaired) electrons. The van der Waals surface area contributed by atoms with Crippen LogP contribution in [0.2, 0.25) is 0 Å². The minimum atomic E-state index is 0.736. The first-order valence-electron chi connectivity index (χ1n) is 8.26. The highest BCUT2D eigenvalue weighted by Crippen LogP contribution is 2.24. The van der Waals surface area contributed by atoms with Crippen molar-refractivity contribution in [3.05, 3.63) is 35.4 Å². The van der Waals surface area contributed by atoms with E-state index in [0.717, 1.165) is 31.1 Å². The van der Waals surface area contributed by atoms with Crippen LogP contribution >= 0.6 is 0 Å². The van der Waals surface area contributed by atoms with Crippen molar-refractivity contribution in [3.63, 3.8) is 0 Å². The number of hydrogen-bond acceptors (Lipinski definition) is 2. The van der Waals surface area contributed by atoms with Gasteiger partial charge < -0.3 is 5.32 Å². The first kappa shape index (κ1) is 14.1. The van der Waals surface area contributed by atoms with Gasteiger partial charge in [0.1, 0.15) is 0 Å². The minimum Gasteiger partial charge on any atom is -0.310 e.